The number of thiol groups is 1. The van der Waals surface area contributed by atoms with Crippen LogP contribution in [0.25, 0.3) is 0 Å². The van der Waals surface area contributed by atoms with Gasteiger partial charge in [-0.05, 0) is 24.3 Å². The van der Waals surface area contributed by atoms with Crippen LogP contribution in [0.3, 0.4) is 0 Å². The van der Waals surface area contributed by atoms with Gasteiger partial charge in [0.25, 0.3) is 0 Å². The second-order valence-electron chi connectivity index (χ2n) is 1.70. The van der Waals surface area contributed by atoms with Gasteiger partial charge in [0.1, 0.15) is 5.75 Å². The van der Waals surface area contributed by atoms with Gasteiger partial charge in [-0.3, -0.25) is 0 Å². The van der Waals surface area contributed by atoms with Gasteiger partial charge in [-0.15, -0.1) is 12.6 Å². The summed E-state index contributed by atoms with van der Waals surface area (Å²) in [5.74, 6) is 0.868. The molecule has 0 amide bonds. The van der Waals surface area contributed by atoms with Gasteiger partial charge in [0, 0.05) is 4.90 Å². The summed E-state index contributed by atoms with van der Waals surface area (Å²) in [5.41, 5.74) is 0. The molecule has 1 rings (SSSR count). The molecule has 0 saturated carbocycles. The van der Waals surface area contributed by atoms with Gasteiger partial charge in [-0.2, -0.15) is 0 Å². The Morgan fingerprint density at radius 3 is 2.20 bits per heavy atom. The van der Waals surface area contributed by atoms with Crippen LogP contribution in [0.4, 0.5) is 0 Å². The van der Waals surface area contributed by atoms with E-state index in [1.165, 1.54) is 0 Å². The molecular weight excluding hydrogens is 155 g/mol. The number of rotatable bonds is 1. The summed E-state index contributed by atoms with van der Waals surface area (Å²) >= 11 is 4.11. The fraction of sp³-hybridized carbons (Fsp3) is 0.143. The zero-order valence-electron chi connectivity index (χ0n) is 7.16. The van der Waals surface area contributed by atoms with Crippen LogP contribution >= 0.6 is 12.6 Å². The van der Waals surface area contributed by atoms with E-state index in [0.717, 1.165) is 10.6 Å². The van der Waals surface area contributed by atoms with Crippen molar-refractivity contribution in [2.75, 3.05) is 7.11 Å². The summed E-state index contributed by atoms with van der Waals surface area (Å²) in [7, 11) is 1.65. The average Bonchev–Trinajstić information content (AvgIpc) is 1.90. The third-order valence-electron chi connectivity index (χ3n) is 1.07. The van der Waals surface area contributed by atoms with Crippen LogP contribution in [-0.2, 0) is 0 Å². The standard InChI is InChI=1S/C7H8OS.Na.H/c1-8-6-2-4-7(9)5-3-6;;/h2-5,9H,1H3;;/q;+1;-1. The predicted octanol–water partition coefficient (Wildman–Crippen LogP) is -0.900. The summed E-state index contributed by atoms with van der Waals surface area (Å²) < 4.78 is 4.94. The summed E-state index contributed by atoms with van der Waals surface area (Å²) in [6, 6.07) is 7.54. The van der Waals surface area contributed by atoms with Gasteiger partial charge in [0.15, 0.2) is 0 Å². The van der Waals surface area contributed by atoms with Crippen LogP contribution in [0.5, 0.6) is 5.75 Å². The van der Waals surface area contributed by atoms with Crippen LogP contribution in [0, 0.1) is 0 Å². The van der Waals surface area contributed by atoms with Crippen LogP contribution < -0.4 is 34.3 Å². The van der Waals surface area contributed by atoms with Crippen LogP contribution in [0.1, 0.15) is 1.43 Å². The number of hydrogen-bond donors (Lipinski definition) is 1. The molecule has 1 nitrogen and oxygen atoms in total. The molecule has 0 saturated heterocycles. The minimum atomic E-state index is 0. The fourth-order valence-corrected chi connectivity index (χ4v) is 0.731. The number of methoxy groups -OCH3 is 1. The molecule has 0 unspecified atom stereocenters. The van der Waals surface area contributed by atoms with Crippen molar-refractivity contribution in [1.29, 1.82) is 0 Å². The van der Waals surface area contributed by atoms with Crippen LogP contribution in [-0.4, -0.2) is 7.11 Å². The Balaban J connectivity index is 0. The van der Waals surface area contributed by atoms with Crippen molar-refractivity contribution in [2.45, 2.75) is 4.90 Å². The van der Waals surface area contributed by atoms with E-state index < -0.39 is 0 Å². The average molecular weight is 164 g/mol. The van der Waals surface area contributed by atoms with E-state index >= 15 is 0 Å². The van der Waals surface area contributed by atoms with E-state index in [0.29, 0.717) is 0 Å². The largest absolute Gasteiger partial charge is 1.00 e. The van der Waals surface area contributed by atoms with Gasteiger partial charge in [0.2, 0.25) is 0 Å². The van der Waals surface area contributed by atoms with Gasteiger partial charge in [-0.25, -0.2) is 0 Å². The molecule has 0 atom stereocenters. The first kappa shape index (κ1) is 10.4. The summed E-state index contributed by atoms with van der Waals surface area (Å²) in [6.45, 7) is 0. The van der Waals surface area contributed by atoms with Crippen LogP contribution in [0.15, 0.2) is 29.2 Å². The maximum atomic E-state index is 4.94. The number of ether oxygens (including phenoxy) is 1. The second kappa shape index (κ2) is 5.08. The summed E-state index contributed by atoms with van der Waals surface area (Å²) in [4.78, 5) is 0.954. The smallest absolute Gasteiger partial charge is 1.00 e. The van der Waals surface area contributed by atoms with Crippen molar-refractivity contribution in [3.8, 4) is 5.75 Å². The molecule has 1 aromatic carbocycles. The Labute approximate surface area is 90.0 Å². The van der Waals surface area contributed by atoms with Gasteiger partial charge >= 0.3 is 29.6 Å². The molecule has 50 valence electrons. The Hall–Kier alpha value is 0.370. The first-order chi connectivity index (χ1) is 4.33. The third-order valence-corrected chi connectivity index (χ3v) is 1.37. The molecule has 0 heterocycles. The summed E-state index contributed by atoms with van der Waals surface area (Å²) in [6.07, 6.45) is 0. The molecule has 0 aliphatic rings. The van der Waals surface area contributed by atoms with Crippen molar-refractivity contribution in [1.82, 2.24) is 0 Å². The second-order valence-corrected chi connectivity index (χ2v) is 2.21. The molecule has 3 heteroatoms. The topological polar surface area (TPSA) is 9.23 Å². The molecule has 0 aromatic heterocycles. The molecule has 0 N–H and O–H groups in total. The maximum Gasteiger partial charge on any atom is 1.00 e. The fourth-order valence-electron chi connectivity index (χ4n) is 0.582. The molecule has 0 radical (unpaired) electrons. The van der Waals surface area contributed by atoms with E-state index in [-0.39, 0.29) is 31.0 Å². The summed E-state index contributed by atoms with van der Waals surface area (Å²) in [5, 5.41) is 0. The zero-order valence-corrected chi connectivity index (χ0v) is 9.06. The Bertz CT molecular complexity index is 190. The Morgan fingerprint density at radius 1 is 1.30 bits per heavy atom. The van der Waals surface area contributed by atoms with E-state index in [1.807, 2.05) is 24.3 Å². The maximum absolute atomic E-state index is 4.94. The van der Waals surface area contributed by atoms with E-state index in [2.05, 4.69) is 12.6 Å². The van der Waals surface area contributed by atoms with Crippen molar-refractivity contribution in [2.24, 2.45) is 0 Å². The number of benzene rings is 1. The molecule has 1 aromatic rings. The van der Waals surface area contributed by atoms with Gasteiger partial charge in [-0.1, -0.05) is 0 Å². The quantitative estimate of drug-likeness (QED) is 0.418. The molecule has 0 fully saturated rings. The molecule has 0 spiro atoms. The number of hydrogen-bond acceptors (Lipinski definition) is 2. The Morgan fingerprint density at radius 2 is 1.80 bits per heavy atom. The normalized spacial score (nSPS) is 8.20. The molecule has 0 aliphatic carbocycles. The van der Waals surface area contributed by atoms with Crippen molar-refractivity contribution in [3.63, 3.8) is 0 Å². The molecule has 0 aliphatic heterocycles. The van der Waals surface area contributed by atoms with Gasteiger partial charge in [0.05, 0.1) is 7.11 Å². The first-order valence-electron chi connectivity index (χ1n) is 2.66. The van der Waals surface area contributed by atoms with E-state index in [4.69, 9.17) is 4.74 Å². The SMILES string of the molecule is COc1ccc(S)cc1.[H-].[Na+]. The van der Waals surface area contributed by atoms with Crippen LogP contribution in [0.2, 0.25) is 0 Å². The van der Waals surface area contributed by atoms with E-state index in [9.17, 15) is 0 Å². The van der Waals surface area contributed by atoms with Crippen molar-refractivity contribution >= 4 is 12.6 Å². The Kier molecular flexibility index (Phi) is 5.27. The minimum Gasteiger partial charge on any atom is -1.00 e. The first-order valence-corrected chi connectivity index (χ1v) is 3.10. The molecule has 0 bridgehead atoms. The third kappa shape index (κ3) is 2.97. The van der Waals surface area contributed by atoms with E-state index in [1.54, 1.807) is 7.11 Å². The van der Waals surface area contributed by atoms with Crippen molar-refractivity contribution < 1.29 is 35.7 Å². The predicted molar refractivity (Wildman–Crippen MR) is 41.4 cm³/mol. The van der Waals surface area contributed by atoms with Crippen molar-refractivity contribution in [3.05, 3.63) is 24.3 Å². The molecular formula is C7H9NaOS. The zero-order chi connectivity index (χ0) is 6.69. The minimum absolute atomic E-state index is 0. The molecule has 10 heavy (non-hydrogen) atoms. The monoisotopic (exact) mass is 164 g/mol. The van der Waals surface area contributed by atoms with Gasteiger partial charge < -0.3 is 6.16 Å².